The number of Topliss-reactive ketones (excluding diaryl/α,β-unsaturated/α-hetero) is 1. The second-order valence-corrected chi connectivity index (χ2v) is 6.98. The van der Waals surface area contributed by atoms with E-state index in [4.69, 9.17) is 0 Å². The predicted octanol–water partition coefficient (Wildman–Crippen LogP) is 3.97. The molecule has 3 rings (SSSR count). The molecule has 3 nitrogen and oxygen atoms in total. The fraction of sp³-hybridized carbons (Fsp3) is 0.364. The van der Waals surface area contributed by atoms with Gasteiger partial charge in [0.15, 0.2) is 5.78 Å². The lowest BCUT2D eigenvalue weighted by Gasteiger charge is -2.31. The first kappa shape index (κ1) is 17.4. The van der Waals surface area contributed by atoms with E-state index >= 15 is 0 Å². The van der Waals surface area contributed by atoms with E-state index in [-0.39, 0.29) is 17.6 Å². The maximum Gasteiger partial charge on any atom is 0.226 e. The van der Waals surface area contributed by atoms with Gasteiger partial charge < -0.3 is 4.90 Å². The second-order valence-electron chi connectivity index (χ2n) is 6.98. The molecule has 1 amide bonds. The summed E-state index contributed by atoms with van der Waals surface area (Å²) in [7, 11) is 0. The molecule has 0 radical (unpaired) electrons. The Morgan fingerprint density at radius 2 is 1.64 bits per heavy atom. The third-order valence-electron chi connectivity index (χ3n) is 5.20. The summed E-state index contributed by atoms with van der Waals surface area (Å²) in [6, 6.07) is 15.7. The summed E-state index contributed by atoms with van der Waals surface area (Å²) >= 11 is 0. The number of piperidine rings is 1. The van der Waals surface area contributed by atoms with E-state index in [1.54, 1.807) is 0 Å². The largest absolute Gasteiger partial charge is 0.342 e. The number of benzene rings is 2. The quantitative estimate of drug-likeness (QED) is 0.793. The summed E-state index contributed by atoms with van der Waals surface area (Å²) < 4.78 is 0. The van der Waals surface area contributed by atoms with E-state index in [0.717, 1.165) is 24.0 Å². The topological polar surface area (TPSA) is 37.4 Å². The van der Waals surface area contributed by atoms with Crippen molar-refractivity contribution >= 4 is 11.7 Å². The van der Waals surface area contributed by atoms with Crippen LogP contribution in [-0.2, 0) is 11.2 Å². The monoisotopic (exact) mass is 335 g/mol. The first-order valence-electron chi connectivity index (χ1n) is 8.98. The Kier molecular flexibility index (Phi) is 5.32. The summed E-state index contributed by atoms with van der Waals surface area (Å²) in [5.41, 5.74) is 4.31. The maximum absolute atomic E-state index is 12.6. The van der Waals surface area contributed by atoms with Gasteiger partial charge in [0.25, 0.3) is 0 Å². The van der Waals surface area contributed by atoms with Crippen LogP contribution >= 0.6 is 0 Å². The van der Waals surface area contributed by atoms with Gasteiger partial charge in [-0.25, -0.2) is 0 Å². The van der Waals surface area contributed by atoms with Gasteiger partial charge in [0.2, 0.25) is 5.91 Å². The first-order valence-corrected chi connectivity index (χ1v) is 8.98. The zero-order valence-electron chi connectivity index (χ0n) is 15.0. The Morgan fingerprint density at radius 1 is 0.960 bits per heavy atom. The summed E-state index contributed by atoms with van der Waals surface area (Å²) in [5, 5.41) is 0. The molecule has 0 N–H and O–H groups in total. The second kappa shape index (κ2) is 7.64. The fourth-order valence-corrected chi connectivity index (χ4v) is 3.43. The van der Waals surface area contributed by atoms with Gasteiger partial charge in [0, 0.05) is 24.6 Å². The molecule has 2 aromatic carbocycles. The molecule has 25 heavy (non-hydrogen) atoms. The van der Waals surface area contributed by atoms with Crippen LogP contribution in [0, 0.1) is 19.8 Å². The summed E-state index contributed by atoms with van der Waals surface area (Å²) in [5.74, 6) is 0.406. The standard InChI is InChI=1S/C22H25NO2/c1-16-8-9-18(14-17(16)2)15-21(24)23-12-10-20(11-13-23)22(25)19-6-4-3-5-7-19/h3-9,14,20H,10-13,15H2,1-2H3. The van der Waals surface area contributed by atoms with Crippen molar-refractivity contribution in [2.24, 2.45) is 5.92 Å². The van der Waals surface area contributed by atoms with Crippen molar-refractivity contribution in [3.8, 4) is 0 Å². The number of amides is 1. The van der Waals surface area contributed by atoms with Gasteiger partial charge in [0.1, 0.15) is 0 Å². The Morgan fingerprint density at radius 3 is 2.28 bits per heavy atom. The molecule has 0 aromatic heterocycles. The lowest BCUT2D eigenvalue weighted by molar-refractivity contribution is -0.131. The van der Waals surface area contributed by atoms with Gasteiger partial charge in [-0.1, -0.05) is 48.5 Å². The highest BCUT2D eigenvalue weighted by Gasteiger charge is 2.27. The van der Waals surface area contributed by atoms with Gasteiger partial charge in [0.05, 0.1) is 6.42 Å². The van der Waals surface area contributed by atoms with Crippen molar-refractivity contribution in [1.82, 2.24) is 4.90 Å². The molecular weight excluding hydrogens is 310 g/mol. The van der Waals surface area contributed by atoms with Gasteiger partial charge in [-0.05, 0) is 43.4 Å². The van der Waals surface area contributed by atoms with E-state index < -0.39 is 0 Å². The Bertz CT molecular complexity index is 759. The molecule has 1 saturated heterocycles. The van der Waals surface area contributed by atoms with Crippen LogP contribution in [0.3, 0.4) is 0 Å². The lowest BCUT2D eigenvalue weighted by atomic mass is 9.88. The number of nitrogens with zero attached hydrogens (tertiary/aromatic N) is 1. The predicted molar refractivity (Wildman–Crippen MR) is 99.7 cm³/mol. The number of carbonyl (C=O) groups excluding carboxylic acids is 2. The minimum Gasteiger partial charge on any atom is -0.342 e. The highest BCUT2D eigenvalue weighted by Crippen LogP contribution is 2.22. The van der Waals surface area contributed by atoms with Crippen LogP contribution in [0.5, 0.6) is 0 Å². The first-order chi connectivity index (χ1) is 12.0. The molecule has 130 valence electrons. The van der Waals surface area contributed by atoms with Crippen molar-refractivity contribution in [3.05, 3.63) is 70.8 Å². The number of hydrogen-bond acceptors (Lipinski definition) is 2. The molecular formula is C22H25NO2. The van der Waals surface area contributed by atoms with Crippen molar-refractivity contribution in [3.63, 3.8) is 0 Å². The van der Waals surface area contributed by atoms with Crippen LogP contribution in [0.1, 0.15) is 39.9 Å². The number of hydrogen-bond donors (Lipinski definition) is 0. The van der Waals surface area contributed by atoms with E-state index in [0.29, 0.717) is 19.5 Å². The zero-order chi connectivity index (χ0) is 17.8. The van der Waals surface area contributed by atoms with Crippen molar-refractivity contribution in [1.29, 1.82) is 0 Å². The maximum atomic E-state index is 12.6. The molecule has 1 aliphatic rings. The smallest absolute Gasteiger partial charge is 0.226 e. The van der Waals surface area contributed by atoms with Crippen LogP contribution < -0.4 is 0 Å². The highest BCUT2D eigenvalue weighted by molar-refractivity contribution is 5.98. The van der Waals surface area contributed by atoms with Gasteiger partial charge in [-0.3, -0.25) is 9.59 Å². The Labute approximate surface area is 149 Å². The zero-order valence-corrected chi connectivity index (χ0v) is 15.0. The number of ketones is 1. The van der Waals surface area contributed by atoms with Gasteiger partial charge in [-0.2, -0.15) is 0 Å². The molecule has 0 aliphatic carbocycles. The highest BCUT2D eigenvalue weighted by atomic mass is 16.2. The fourth-order valence-electron chi connectivity index (χ4n) is 3.43. The molecule has 0 atom stereocenters. The SMILES string of the molecule is Cc1ccc(CC(=O)N2CCC(C(=O)c3ccccc3)CC2)cc1C. The minimum atomic E-state index is 0.0352. The number of aryl methyl sites for hydroxylation is 2. The average Bonchev–Trinajstić information content (AvgIpc) is 2.65. The van der Waals surface area contributed by atoms with Crippen LogP contribution in [0.25, 0.3) is 0 Å². The lowest BCUT2D eigenvalue weighted by Crippen LogP contribution is -2.41. The minimum absolute atomic E-state index is 0.0352. The Balaban J connectivity index is 1.55. The molecule has 1 fully saturated rings. The average molecular weight is 335 g/mol. The van der Waals surface area contributed by atoms with Crippen molar-refractivity contribution < 1.29 is 9.59 Å². The molecule has 2 aromatic rings. The summed E-state index contributed by atoms with van der Waals surface area (Å²) in [4.78, 5) is 27.0. The summed E-state index contributed by atoms with van der Waals surface area (Å²) in [6.45, 7) is 5.50. The van der Waals surface area contributed by atoms with E-state index in [9.17, 15) is 9.59 Å². The molecule has 1 aliphatic heterocycles. The van der Waals surface area contributed by atoms with Crippen LogP contribution in [0.15, 0.2) is 48.5 Å². The molecule has 0 saturated carbocycles. The van der Waals surface area contributed by atoms with Gasteiger partial charge in [-0.15, -0.1) is 0 Å². The van der Waals surface area contributed by atoms with E-state index in [1.807, 2.05) is 41.3 Å². The van der Waals surface area contributed by atoms with E-state index in [1.165, 1.54) is 11.1 Å². The molecule has 3 heteroatoms. The number of rotatable bonds is 4. The summed E-state index contributed by atoms with van der Waals surface area (Å²) in [6.07, 6.45) is 1.96. The molecule has 0 bridgehead atoms. The van der Waals surface area contributed by atoms with Gasteiger partial charge >= 0.3 is 0 Å². The Hall–Kier alpha value is -2.42. The number of carbonyl (C=O) groups is 2. The van der Waals surface area contributed by atoms with E-state index in [2.05, 4.69) is 26.0 Å². The van der Waals surface area contributed by atoms with Crippen molar-refractivity contribution in [2.75, 3.05) is 13.1 Å². The van der Waals surface area contributed by atoms with Crippen LogP contribution in [0.2, 0.25) is 0 Å². The van der Waals surface area contributed by atoms with Crippen LogP contribution in [-0.4, -0.2) is 29.7 Å². The number of likely N-dealkylation sites (tertiary alicyclic amines) is 1. The van der Waals surface area contributed by atoms with Crippen LogP contribution in [0.4, 0.5) is 0 Å². The van der Waals surface area contributed by atoms with Crippen molar-refractivity contribution in [2.45, 2.75) is 33.1 Å². The third-order valence-corrected chi connectivity index (χ3v) is 5.20. The molecule has 0 unspecified atom stereocenters. The molecule has 0 spiro atoms. The molecule has 1 heterocycles. The third kappa shape index (κ3) is 4.16. The normalized spacial score (nSPS) is 15.2.